The third-order valence-electron chi connectivity index (χ3n) is 3.61. The van der Waals surface area contributed by atoms with Gasteiger partial charge >= 0.3 is 6.03 Å². The summed E-state index contributed by atoms with van der Waals surface area (Å²) in [6.45, 7) is 10.7. The van der Waals surface area contributed by atoms with Gasteiger partial charge in [-0.1, -0.05) is 32.9 Å². The summed E-state index contributed by atoms with van der Waals surface area (Å²) in [5.41, 5.74) is 1.72. The van der Waals surface area contributed by atoms with Crippen LogP contribution in [0.15, 0.2) is 4.52 Å². The van der Waals surface area contributed by atoms with E-state index in [0.29, 0.717) is 19.5 Å². The Labute approximate surface area is 132 Å². The highest BCUT2D eigenvalue weighted by Crippen LogP contribution is 2.21. The first-order valence-electron chi connectivity index (χ1n) is 7.95. The molecule has 1 rings (SSSR count). The van der Waals surface area contributed by atoms with Crippen molar-refractivity contribution < 1.29 is 14.4 Å². The molecule has 3 N–H and O–H groups in total. The molecule has 2 amide bonds. The van der Waals surface area contributed by atoms with Crippen molar-refractivity contribution in [1.82, 2.24) is 15.8 Å². The van der Waals surface area contributed by atoms with Crippen molar-refractivity contribution in [2.45, 2.75) is 66.5 Å². The molecule has 0 aliphatic carbocycles. The molecule has 6 heteroatoms. The summed E-state index contributed by atoms with van der Waals surface area (Å²) in [6, 6.07) is -0.219. The highest BCUT2D eigenvalue weighted by molar-refractivity contribution is 5.73. The van der Waals surface area contributed by atoms with E-state index in [9.17, 15) is 9.90 Å². The first-order valence-corrected chi connectivity index (χ1v) is 7.95. The lowest BCUT2D eigenvalue weighted by molar-refractivity contribution is 0.129. The van der Waals surface area contributed by atoms with Gasteiger partial charge in [-0.15, -0.1) is 0 Å². The van der Waals surface area contributed by atoms with Gasteiger partial charge in [-0.3, -0.25) is 0 Å². The molecule has 0 saturated heterocycles. The summed E-state index contributed by atoms with van der Waals surface area (Å²) in [5, 5.41) is 19.2. The van der Waals surface area contributed by atoms with Crippen LogP contribution in [0.2, 0.25) is 0 Å². The Hall–Kier alpha value is -1.56. The van der Waals surface area contributed by atoms with Crippen molar-refractivity contribution in [1.29, 1.82) is 0 Å². The number of hydrogen-bond acceptors (Lipinski definition) is 4. The van der Waals surface area contributed by atoms with Crippen LogP contribution in [-0.2, 0) is 19.4 Å². The van der Waals surface area contributed by atoms with Crippen molar-refractivity contribution in [2.24, 2.45) is 5.41 Å². The van der Waals surface area contributed by atoms with E-state index < -0.39 is 0 Å². The minimum atomic E-state index is -0.379. The fourth-order valence-corrected chi connectivity index (χ4v) is 2.56. The van der Waals surface area contributed by atoms with Crippen molar-refractivity contribution >= 4 is 6.03 Å². The Bertz CT molecular complexity index is 459. The van der Waals surface area contributed by atoms with Crippen LogP contribution in [0.1, 0.15) is 58.1 Å². The van der Waals surface area contributed by atoms with Crippen LogP contribution in [0.25, 0.3) is 0 Å². The van der Waals surface area contributed by atoms with Crippen LogP contribution >= 0.6 is 0 Å². The van der Waals surface area contributed by atoms with Crippen LogP contribution < -0.4 is 10.6 Å². The van der Waals surface area contributed by atoms with E-state index in [0.717, 1.165) is 29.9 Å². The number of hydrogen-bond donors (Lipinski definition) is 3. The largest absolute Gasteiger partial charge is 0.393 e. The summed E-state index contributed by atoms with van der Waals surface area (Å²) in [7, 11) is 0. The summed E-state index contributed by atoms with van der Waals surface area (Å²) in [4.78, 5) is 11.9. The molecule has 1 atom stereocenters. The average Bonchev–Trinajstić information content (AvgIpc) is 2.83. The summed E-state index contributed by atoms with van der Waals surface area (Å²) < 4.78 is 5.28. The molecule has 0 radical (unpaired) electrons. The Morgan fingerprint density at radius 3 is 2.55 bits per heavy atom. The zero-order valence-corrected chi connectivity index (χ0v) is 14.3. The van der Waals surface area contributed by atoms with Crippen LogP contribution in [-0.4, -0.2) is 28.9 Å². The molecule has 0 bridgehead atoms. The lowest BCUT2D eigenvalue weighted by atomic mass is 9.87. The van der Waals surface area contributed by atoms with Gasteiger partial charge in [-0.05, 0) is 25.2 Å². The molecule has 22 heavy (non-hydrogen) atoms. The van der Waals surface area contributed by atoms with Gasteiger partial charge in [-0.25, -0.2) is 4.79 Å². The fraction of sp³-hybridized carbons (Fsp3) is 0.750. The number of aryl methyl sites for hydroxylation is 2. The zero-order chi connectivity index (χ0) is 16.8. The second-order valence-corrected chi connectivity index (χ2v) is 6.49. The second kappa shape index (κ2) is 8.17. The fourth-order valence-electron chi connectivity index (χ4n) is 2.56. The second-order valence-electron chi connectivity index (χ2n) is 6.49. The topological polar surface area (TPSA) is 87.4 Å². The van der Waals surface area contributed by atoms with E-state index in [1.807, 2.05) is 27.7 Å². The summed E-state index contributed by atoms with van der Waals surface area (Å²) in [5.74, 6) is 0.826. The van der Waals surface area contributed by atoms with Gasteiger partial charge < -0.3 is 20.3 Å². The Balaban J connectivity index is 2.48. The molecular formula is C16H29N3O3. The normalized spacial score (nSPS) is 13.0. The first-order chi connectivity index (χ1) is 10.3. The number of aliphatic hydroxyl groups is 1. The molecule has 1 unspecified atom stereocenters. The maximum atomic E-state index is 11.9. The molecule has 0 fully saturated rings. The maximum absolute atomic E-state index is 11.9. The van der Waals surface area contributed by atoms with E-state index in [1.165, 1.54) is 0 Å². The highest BCUT2D eigenvalue weighted by Gasteiger charge is 2.21. The third kappa shape index (κ3) is 5.67. The summed E-state index contributed by atoms with van der Waals surface area (Å²) in [6.07, 6.45) is 1.80. The predicted molar refractivity (Wildman–Crippen MR) is 85.6 cm³/mol. The lowest BCUT2D eigenvalue weighted by Gasteiger charge is -2.26. The number of aromatic nitrogens is 1. The van der Waals surface area contributed by atoms with Gasteiger partial charge in [0.25, 0.3) is 0 Å². The van der Waals surface area contributed by atoms with E-state index in [4.69, 9.17) is 4.52 Å². The van der Waals surface area contributed by atoms with Crippen LogP contribution in [0, 0.1) is 5.41 Å². The van der Waals surface area contributed by atoms with Crippen LogP contribution in [0.4, 0.5) is 4.79 Å². The molecule has 1 heterocycles. The number of carbonyl (C=O) groups excluding carboxylic acids is 1. The third-order valence-corrected chi connectivity index (χ3v) is 3.61. The van der Waals surface area contributed by atoms with Crippen molar-refractivity contribution in [3.05, 3.63) is 17.0 Å². The highest BCUT2D eigenvalue weighted by atomic mass is 16.5. The van der Waals surface area contributed by atoms with Gasteiger partial charge in [0.2, 0.25) is 0 Å². The lowest BCUT2D eigenvalue weighted by Crippen LogP contribution is -2.41. The quantitative estimate of drug-likeness (QED) is 0.688. The minimum Gasteiger partial charge on any atom is -0.393 e. The molecular weight excluding hydrogens is 282 g/mol. The number of aliphatic hydroxyl groups excluding tert-OH is 1. The van der Waals surface area contributed by atoms with Crippen molar-refractivity contribution in [3.8, 4) is 0 Å². The molecule has 0 spiro atoms. The van der Waals surface area contributed by atoms with E-state index in [1.54, 1.807) is 6.92 Å². The van der Waals surface area contributed by atoms with Crippen molar-refractivity contribution in [3.63, 3.8) is 0 Å². The minimum absolute atomic E-state index is 0.147. The molecule has 0 aliphatic rings. The molecule has 0 saturated carbocycles. The van der Waals surface area contributed by atoms with Gasteiger partial charge in [-0.2, -0.15) is 0 Å². The SMILES string of the molecule is CCc1noc(CC)c1CNC(=O)NCC(C)(C)CC(C)O. The van der Waals surface area contributed by atoms with Crippen molar-refractivity contribution in [2.75, 3.05) is 6.54 Å². The zero-order valence-electron chi connectivity index (χ0n) is 14.3. The molecule has 1 aromatic heterocycles. The Morgan fingerprint density at radius 2 is 2.00 bits per heavy atom. The van der Waals surface area contributed by atoms with Crippen LogP contribution in [0.3, 0.4) is 0 Å². The number of urea groups is 1. The number of carbonyl (C=O) groups is 1. The predicted octanol–water partition coefficient (Wildman–Crippen LogP) is 2.40. The van der Waals surface area contributed by atoms with Gasteiger partial charge in [0, 0.05) is 25.1 Å². The smallest absolute Gasteiger partial charge is 0.315 e. The Kier molecular flexibility index (Phi) is 6.87. The summed E-state index contributed by atoms with van der Waals surface area (Å²) >= 11 is 0. The number of nitrogens with one attached hydrogen (secondary N) is 2. The molecule has 0 aliphatic heterocycles. The van der Waals surface area contributed by atoms with E-state index in [-0.39, 0.29) is 17.6 Å². The van der Waals surface area contributed by atoms with Crippen LogP contribution in [0.5, 0.6) is 0 Å². The van der Waals surface area contributed by atoms with Gasteiger partial charge in [0.15, 0.2) is 0 Å². The Morgan fingerprint density at radius 1 is 1.32 bits per heavy atom. The number of amides is 2. The number of nitrogens with zero attached hydrogens (tertiary/aromatic N) is 1. The molecule has 6 nitrogen and oxygen atoms in total. The van der Waals surface area contributed by atoms with E-state index >= 15 is 0 Å². The van der Waals surface area contributed by atoms with E-state index in [2.05, 4.69) is 15.8 Å². The molecule has 0 aromatic carbocycles. The molecule has 126 valence electrons. The molecule has 1 aromatic rings. The van der Waals surface area contributed by atoms with Gasteiger partial charge in [0.1, 0.15) is 5.76 Å². The standard InChI is InChI=1S/C16H29N3O3/c1-6-13-12(14(7-2)22-19-13)9-17-15(21)18-10-16(4,5)8-11(3)20/h11,20H,6-10H2,1-5H3,(H2,17,18,21). The monoisotopic (exact) mass is 311 g/mol. The number of rotatable bonds is 8. The maximum Gasteiger partial charge on any atom is 0.315 e. The average molecular weight is 311 g/mol. The first kappa shape index (κ1) is 18.5. The van der Waals surface area contributed by atoms with Gasteiger partial charge in [0.05, 0.1) is 11.8 Å².